The first-order chi connectivity index (χ1) is 7.81. The molecule has 0 radical (unpaired) electrons. The molecule has 0 aromatic heterocycles. The third kappa shape index (κ3) is 3.66. The summed E-state index contributed by atoms with van der Waals surface area (Å²) in [5.41, 5.74) is 1.76. The molecule has 3 heteroatoms. The van der Waals surface area contributed by atoms with Crippen LogP contribution in [-0.4, -0.2) is 20.2 Å². The highest BCUT2D eigenvalue weighted by molar-refractivity contribution is 5.79. The Labute approximate surface area is 96.4 Å². The molecule has 0 amide bonds. The number of aryl methyl sites for hydroxylation is 1. The minimum Gasteiger partial charge on any atom is -0.467 e. The molecule has 0 fully saturated rings. The minimum absolute atomic E-state index is 0.162. The summed E-state index contributed by atoms with van der Waals surface area (Å²) in [7, 11) is 1.55. The van der Waals surface area contributed by atoms with Gasteiger partial charge in [-0.2, -0.15) is 0 Å². The molecule has 1 rings (SSSR count). The van der Waals surface area contributed by atoms with E-state index in [2.05, 4.69) is 6.92 Å². The van der Waals surface area contributed by atoms with E-state index in [9.17, 15) is 4.79 Å². The van der Waals surface area contributed by atoms with Crippen LogP contribution in [0.2, 0.25) is 0 Å². The maximum Gasteiger partial charge on any atom is 0.188 e. The Morgan fingerprint density at radius 2 is 2.19 bits per heavy atom. The lowest BCUT2D eigenvalue weighted by Gasteiger charge is -2.08. The molecule has 0 aliphatic heterocycles. The van der Waals surface area contributed by atoms with Gasteiger partial charge in [0.1, 0.15) is 5.75 Å². The van der Waals surface area contributed by atoms with Crippen molar-refractivity contribution >= 4 is 6.29 Å². The summed E-state index contributed by atoms with van der Waals surface area (Å²) < 4.78 is 10.1. The summed E-state index contributed by atoms with van der Waals surface area (Å²) in [5.74, 6) is 0.581. The lowest BCUT2D eigenvalue weighted by molar-refractivity contribution is 0.0505. The molecule has 0 saturated heterocycles. The van der Waals surface area contributed by atoms with Crippen LogP contribution in [0.4, 0.5) is 0 Å². The maximum absolute atomic E-state index is 10.9. The quantitative estimate of drug-likeness (QED) is 0.525. The van der Waals surface area contributed by atoms with E-state index >= 15 is 0 Å². The van der Waals surface area contributed by atoms with E-state index in [1.807, 2.05) is 18.2 Å². The first-order valence-electron chi connectivity index (χ1n) is 5.51. The van der Waals surface area contributed by atoms with Crippen molar-refractivity contribution in [1.29, 1.82) is 0 Å². The largest absolute Gasteiger partial charge is 0.467 e. The Balaban J connectivity index is 2.75. The van der Waals surface area contributed by atoms with Crippen LogP contribution in [0.3, 0.4) is 0 Å². The first-order valence-corrected chi connectivity index (χ1v) is 5.51. The monoisotopic (exact) mass is 222 g/mol. The molecule has 0 spiro atoms. The second-order valence-electron chi connectivity index (χ2n) is 3.64. The van der Waals surface area contributed by atoms with Crippen LogP contribution in [0.1, 0.15) is 35.7 Å². The van der Waals surface area contributed by atoms with Gasteiger partial charge in [0.05, 0.1) is 5.56 Å². The zero-order valence-corrected chi connectivity index (χ0v) is 9.86. The number of rotatable bonds is 7. The smallest absolute Gasteiger partial charge is 0.188 e. The zero-order valence-electron chi connectivity index (χ0n) is 9.86. The minimum atomic E-state index is 0.162. The molecule has 0 heterocycles. The Hall–Kier alpha value is -1.35. The van der Waals surface area contributed by atoms with Gasteiger partial charge in [-0.25, -0.2) is 0 Å². The van der Waals surface area contributed by atoms with Crippen molar-refractivity contribution in [2.75, 3.05) is 13.9 Å². The van der Waals surface area contributed by atoms with Crippen molar-refractivity contribution in [3.05, 3.63) is 29.3 Å². The van der Waals surface area contributed by atoms with Crippen LogP contribution >= 0.6 is 0 Å². The second-order valence-corrected chi connectivity index (χ2v) is 3.64. The van der Waals surface area contributed by atoms with Crippen molar-refractivity contribution < 1.29 is 14.3 Å². The summed E-state index contributed by atoms with van der Waals surface area (Å²) >= 11 is 0. The summed E-state index contributed by atoms with van der Waals surface area (Å²) in [6, 6.07) is 5.70. The number of aldehydes is 1. The van der Waals surface area contributed by atoms with Crippen LogP contribution in [-0.2, 0) is 11.2 Å². The maximum atomic E-state index is 10.9. The molecular formula is C13H18O3. The topological polar surface area (TPSA) is 35.5 Å². The van der Waals surface area contributed by atoms with Gasteiger partial charge in [0.25, 0.3) is 0 Å². The highest BCUT2D eigenvalue weighted by Crippen LogP contribution is 2.19. The molecule has 88 valence electrons. The average molecular weight is 222 g/mol. The number of methoxy groups -OCH3 is 1. The number of benzene rings is 1. The van der Waals surface area contributed by atoms with E-state index in [0.29, 0.717) is 11.3 Å². The zero-order chi connectivity index (χ0) is 11.8. The second kappa shape index (κ2) is 7.01. The fourth-order valence-corrected chi connectivity index (χ4v) is 1.48. The predicted octanol–water partition coefficient (Wildman–Crippen LogP) is 2.82. The van der Waals surface area contributed by atoms with Gasteiger partial charge in [0.2, 0.25) is 0 Å². The van der Waals surface area contributed by atoms with Crippen molar-refractivity contribution in [3.63, 3.8) is 0 Å². The molecule has 16 heavy (non-hydrogen) atoms. The van der Waals surface area contributed by atoms with Gasteiger partial charge < -0.3 is 9.47 Å². The molecule has 1 aromatic carbocycles. The van der Waals surface area contributed by atoms with Gasteiger partial charge in [-0.3, -0.25) is 4.79 Å². The molecule has 0 bridgehead atoms. The summed E-state index contributed by atoms with van der Waals surface area (Å²) in [6.45, 7) is 2.31. The van der Waals surface area contributed by atoms with Gasteiger partial charge in [0, 0.05) is 7.11 Å². The number of carbonyl (C=O) groups is 1. The Morgan fingerprint density at radius 3 is 2.81 bits per heavy atom. The number of hydrogen-bond acceptors (Lipinski definition) is 3. The number of carbonyl (C=O) groups excluding carboxylic acids is 1. The lowest BCUT2D eigenvalue weighted by atomic mass is 10.1. The summed E-state index contributed by atoms with van der Waals surface area (Å²) in [6.07, 6.45) is 4.11. The van der Waals surface area contributed by atoms with Crippen LogP contribution in [0, 0.1) is 0 Å². The fraction of sp³-hybridized carbons (Fsp3) is 0.462. The molecule has 0 N–H and O–H groups in total. The SMILES string of the molecule is CCCCc1ccc(OCOC)c(C=O)c1. The standard InChI is InChI=1S/C13H18O3/c1-3-4-5-11-6-7-13(16-10-15-2)12(8-11)9-14/h6-9H,3-5,10H2,1-2H3. The van der Waals surface area contributed by atoms with Crippen molar-refractivity contribution in [2.45, 2.75) is 26.2 Å². The molecule has 0 aliphatic rings. The van der Waals surface area contributed by atoms with Crippen LogP contribution < -0.4 is 4.74 Å². The van der Waals surface area contributed by atoms with Crippen molar-refractivity contribution in [1.82, 2.24) is 0 Å². The van der Waals surface area contributed by atoms with E-state index in [1.54, 1.807) is 7.11 Å². The van der Waals surface area contributed by atoms with E-state index in [4.69, 9.17) is 9.47 Å². The van der Waals surface area contributed by atoms with Gasteiger partial charge in [-0.05, 0) is 30.5 Å². The molecule has 0 unspecified atom stereocenters. The van der Waals surface area contributed by atoms with Crippen molar-refractivity contribution in [3.8, 4) is 5.75 Å². The van der Waals surface area contributed by atoms with Gasteiger partial charge in [-0.15, -0.1) is 0 Å². The Kier molecular flexibility index (Phi) is 5.57. The third-order valence-electron chi connectivity index (χ3n) is 2.35. The first kappa shape index (κ1) is 12.7. The summed E-state index contributed by atoms with van der Waals surface area (Å²) in [4.78, 5) is 10.9. The van der Waals surface area contributed by atoms with Gasteiger partial charge >= 0.3 is 0 Å². The average Bonchev–Trinajstić information content (AvgIpc) is 2.34. The number of ether oxygens (including phenoxy) is 2. The predicted molar refractivity (Wildman–Crippen MR) is 62.9 cm³/mol. The van der Waals surface area contributed by atoms with E-state index in [1.165, 1.54) is 5.56 Å². The molecule has 1 aromatic rings. The highest BCUT2D eigenvalue weighted by Gasteiger charge is 2.04. The third-order valence-corrected chi connectivity index (χ3v) is 2.35. The summed E-state index contributed by atoms with van der Waals surface area (Å²) in [5, 5.41) is 0. The normalized spacial score (nSPS) is 10.1. The number of unbranched alkanes of at least 4 members (excludes halogenated alkanes) is 1. The fourth-order valence-electron chi connectivity index (χ4n) is 1.48. The lowest BCUT2D eigenvalue weighted by Crippen LogP contribution is -2.02. The molecule has 0 saturated carbocycles. The van der Waals surface area contributed by atoms with Gasteiger partial charge in [0.15, 0.2) is 13.1 Å². The number of hydrogen-bond donors (Lipinski definition) is 0. The molecular weight excluding hydrogens is 204 g/mol. The van der Waals surface area contributed by atoms with Crippen LogP contribution in [0.15, 0.2) is 18.2 Å². The van der Waals surface area contributed by atoms with Crippen LogP contribution in [0.5, 0.6) is 5.75 Å². The van der Waals surface area contributed by atoms with Gasteiger partial charge in [-0.1, -0.05) is 19.4 Å². The highest BCUT2D eigenvalue weighted by atomic mass is 16.7. The molecule has 3 nitrogen and oxygen atoms in total. The molecule has 0 atom stereocenters. The Bertz CT molecular complexity index is 334. The van der Waals surface area contributed by atoms with E-state index < -0.39 is 0 Å². The molecule has 0 aliphatic carbocycles. The van der Waals surface area contributed by atoms with E-state index in [-0.39, 0.29) is 6.79 Å². The van der Waals surface area contributed by atoms with Crippen LogP contribution in [0.25, 0.3) is 0 Å². The van der Waals surface area contributed by atoms with E-state index in [0.717, 1.165) is 25.5 Å². The van der Waals surface area contributed by atoms with Crippen molar-refractivity contribution in [2.24, 2.45) is 0 Å². The Morgan fingerprint density at radius 1 is 1.38 bits per heavy atom.